The molecule has 116 valence electrons. The average Bonchev–Trinajstić information content (AvgIpc) is 2.76. The van der Waals surface area contributed by atoms with E-state index in [0.717, 1.165) is 25.7 Å². The fourth-order valence-corrected chi connectivity index (χ4v) is 6.61. The molecule has 0 aromatic heterocycles. The number of halogens is 1. The van der Waals surface area contributed by atoms with Crippen LogP contribution >= 0.6 is 0 Å². The summed E-state index contributed by atoms with van der Waals surface area (Å²) < 4.78 is 13.7. The molecule has 2 heteroatoms. The molecule has 0 N–H and O–H groups in total. The first-order valence-electron chi connectivity index (χ1n) is 8.83. The lowest BCUT2D eigenvalue weighted by Crippen LogP contribution is -2.52. The van der Waals surface area contributed by atoms with Gasteiger partial charge in [-0.2, -0.15) is 0 Å². The van der Waals surface area contributed by atoms with Crippen molar-refractivity contribution in [2.75, 3.05) is 0 Å². The monoisotopic (exact) mass is 290 g/mol. The Bertz CT molecular complexity index is 510. The Labute approximate surface area is 127 Å². The maximum atomic E-state index is 13.7. The van der Waals surface area contributed by atoms with E-state index >= 15 is 0 Å². The number of allylic oxidation sites excluding steroid dienone is 2. The molecule has 0 aromatic rings. The van der Waals surface area contributed by atoms with Crippen LogP contribution in [0, 0.1) is 34.5 Å². The van der Waals surface area contributed by atoms with E-state index < -0.39 is 0 Å². The molecule has 0 unspecified atom stereocenters. The molecule has 0 spiro atoms. The lowest BCUT2D eigenvalue weighted by atomic mass is 9.46. The SMILES string of the molecule is C[C@]12CC=C(F)C[C@@H]1CC[C@@H]1[C@@H]2CC[C@]2(C)C(=O)CC[C@@H]12. The second-order valence-electron chi connectivity index (χ2n) is 8.63. The van der Waals surface area contributed by atoms with Gasteiger partial charge in [0.05, 0.1) is 5.83 Å². The van der Waals surface area contributed by atoms with E-state index in [9.17, 15) is 9.18 Å². The molecule has 4 aliphatic carbocycles. The molecule has 0 amide bonds. The van der Waals surface area contributed by atoms with Crippen LogP contribution in [-0.4, -0.2) is 5.78 Å². The molecule has 4 aliphatic rings. The minimum Gasteiger partial charge on any atom is -0.299 e. The van der Waals surface area contributed by atoms with Gasteiger partial charge in [-0.15, -0.1) is 0 Å². The van der Waals surface area contributed by atoms with Gasteiger partial charge in [-0.1, -0.05) is 19.9 Å². The summed E-state index contributed by atoms with van der Waals surface area (Å²) in [6.07, 6.45) is 10.0. The normalized spacial score (nSPS) is 52.7. The second-order valence-corrected chi connectivity index (χ2v) is 8.63. The summed E-state index contributed by atoms with van der Waals surface area (Å²) in [6, 6.07) is 0. The molecule has 3 saturated carbocycles. The Morgan fingerprint density at radius 3 is 2.76 bits per heavy atom. The summed E-state index contributed by atoms with van der Waals surface area (Å²) in [6.45, 7) is 4.65. The molecule has 0 radical (unpaired) electrons. The number of carbonyl (C=O) groups excluding carboxylic acids is 1. The van der Waals surface area contributed by atoms with Crippen LogP contribution in [0.5, 0.6) is 0 Å². The van der Waals surface area contributed by atoms with E-state index in [1.807, 2.05) is 6.08 Å². The Kier molecular flexibility index (Phi) is 2.94. The highest BCUT2D eigenvalue weighted by molar-refractivity contribution is 5.87. The van der Waals surface area contributed by atoms with Gasteiger partial charge in [-0.25, -0.2) is 4.39 Å². The molecule has 0 heterocycles. The zero-order valence-electron chi connectivity index (χ0n) is 13.3. The first kappa shape index (κ1) is 14.0. The molecular weight excluding hydrogens is 263 g/mol. The largest absolute Gasteiger partial charge is 0.299 e. The molecule has 4 rings (SSSR count). The van der Waals surface area contributed by atoms with Crippen molar-refractivity contribution in [2.24, 2.45) is 34.5 Å². The second kappa shape index (κ2) is 4.43. The smallest absolute Gasteiger partial charge is 0.139 e. The number of ketones is 1. The molecule has 1 nitrogen and oxygen atoms in total. The van der Waals surface area contributed by atoms with Crippen molar-refractivity contribution < 1.29 is 9.18 Å². The van der Waals surface area contributed by atoms with E-state index in [4.69, 9.17) is 0 Å². The minimum atomic E-state index is -0.0277. The van der Waals surface area contributed by atoms with Crippen LogP contribution in [0.25, 0.3) is 0 Å². The van der Waals surface area contributed by atoms with Crippen LogP contribution in [-0.2, 0) is 4.79 Å². The number of Topliss-reactive ketones (excluding diaryl/α,β-unsaturated/α-hetero) is 1. The lowest BCUT2D eigenvalue weighted by molar-refractivity contribution is -0.136. The van der Waals surface area contributed by atoms with Crippen molar-refractivity contribution >= 4 is 5.78 Å². The first-order chi connectivity index (χ1) is 9.95. The molecule has 3 fully saturated rings. The van der Waals surface area contributed by atoms with Crippen molar-refractivity contribution in [2.45, 2.75) is 65.2 Å². The quantitative estimate of drug-likeness (QED) is 0.609. The van der Waals surface area contributed by atoms with E-state index in [1.54, 1.807) is 0 Å². The summed E-state index contributed by atoms with van der Waals surface area (Å²) in [7, 11) is 0. The summed E-state index contributed by atoms with van der Waals surface area (Å²) in [5, 5.41) is 0. The molecule has 6 atom stereocenters. The fraction of sp³-hybridized carbons (Fsp3) is 0.842. The maximum Gasteiger partial charge on any atom is 0.139 e. The number of fused-ring (bicyclic) bond motifs is 5. The molecule has 0 saturated heterocycles. The van der Waals surface area contributed by atoms with Gasteiger partial charge in [0.2, 0.25) is 0 Å². The van der Waals surface area contributed by atoms with Gasteiger partial charge in [0.1, 0.15) is 5.78 Å². The fourth-order valence-electron chi connectivity index (χ4n) is 6.61. The number of hydrogen-bond acceptors (Lipinski definition) is 1. The van der Waals surface area contributed by atoms with E-state index in [1.165, 1.54) is 19.3 Å². The van der Waals surface area contributed by atoms with Crippen LogP contribution in [0.4, 0.5) is 4.39 Å². The van der Waals surface area contributed by atoms with Gasteiger partial charge in [0.25, 0.3) is 0 Å². The zero-order valence-corrected chi connectivity index (χ0v) is 13.3. The number of hydrogen-bond donors (Lipinski definition) is 0. The van der Waals surface area contributed by atoms with Crippen molar-refractivity contribution in [3.05, 3.63) is 11.9 Å². The highest BCUT2D eigenvalue weighted by atomic mass is 19.1. The van der Waals surface area contributed by atoms with Crippen LogP contribution in [0.15, 0.2) is 11.9 Å². The molecule has 0 aliphatic heterocycles. The van der Waals surface area contributed by atoms with Gasteiger partial charge in [-0.05, 0) is 67.6 Å². The third-order valence-corrected chi connectivity index (χ3v) is 7.98. The first-order valence-corrected chi connectivity index (χ1v) is 8.83. The van der Waals surface area contributed by atoms with Crippen LogP contribution in [0.1, 0.15) is 65.2 Å². The molecular formula is C19H27FO. The van der Waals surface area contributed by atoms with Gasteiger partial charge in [0, 0.05) is 18.3 Å². The third kappa shape index (κ3) is 1.77. The predicted molar refractivity (Wildman–Crippen MR) is 81.3 cm³/mol. The number of carbonyl (C=O) groups is 1. The number of rotatable bonds is 0. The topological polar surface area (TPSA) is 17.1 Å². The van der Waals surface area contributed by atoms with Gasteiger partial charge >= 0.3 is 0 Å². The predicted octanol–water partition coefficient (Wildman–Crippen LogP) is 5.06. The summed E-state index contributed by atoms with van der Waals surface area (Å²) >= 11 is 0. The Morgan fingerprint density at radius 1 is 1.14 bits per heavy atom. The van der Waals surface area contributed by atoms with Crippen molar-refractivity contribution in [1.29, 1.82) is 0 Å². The summed E-state index contributed by atoms with van der Waals surface area (Å²) in [5.41, 5.74) is 0.256. The standard InChI is InChI=1S/C19H27FO/c1-18-9-7-13(20)11-12(18)3-4-14-15-5-6-17(21)19(15,2)10-8-16(14)18/h7,12,14-16H,3-6,8-11H2,1-2H3/t12-,14-,15-,16-,18-,19-/m0/s1. The van der Waals surface area contributed by atoms with Gasteiger partial charge in [0.15, 0.2) is 0 Å². The van der Waals surface area contributed by atoms with Crippen molar-refractivity contribution in [3.8, 4) is 0 Å². The van der Waals surface area contributed by atoms with Crippen LogP contribution in [0.3, 0.4) is 0 Å². The van der Waals surface area contributed by atoms with Gasteiger partial charge in [-0.3, -0.25) is 4.79 Å². The molecule has 0 aromatic carbocycles. The highest BCUT2D eigenvalue weighted by Crippen LogP contribution is 2.65. The van der Waals surface area contributed by atoms with Crippen LogP contribution < -0.4 is 0 Å². The van der Waals surface area contributed by atoms with Crippen molar-refractivity contribution in [3.63, 3.8) is 0 Å². The Balaban J connectivity index is 1.67. The average molecular weight is 290 g/mol. The maximum absolute atomic E-state index is 13.7. The summed E-state index contributed by atoms with van der Waals surface area (Å²) in [5.74, 6) is 3.21. The van der Waals surface area contributed by atoms with Gasteiger partial charge < -0.3 is 0 Å². The summed E-state index contributed by atoms with van der Waals surface area (Å²) in [4.78, 5) is 12.4. The highest BCUT2D eigenvalue weighted by Gasteiger charge is 2.59. The van der Waals surface area contributed by atoms with Crippen molar-refractivity contribution in [1.82, 2.24) is 0 Å². The molecule has 21 heavy (non-hydrogen) atoms. The van der Waals surface area contributed by atoms with E-state index in [0.29, 0.717) is 35.9 Å². The minimum absolute atomic E-state index is 0.0277. The van der Waals surface area contributed by atoms with E-state index in [2.05, 4.69) is 13.8 Å². The lowest BCUT2D eigenvalue weighted by Gasteiger charge is -2.58. The Morgan fingerprint density at radius 2 is 1.95 bits per heavy atom. The zero-order chi connectivity index (χ0) is 14.8. The molecule has 0 bridgehead atoms. The Hall–Kier alpha value is -0.660. The van der Waals surface area contributed by atoms with E-state index in [-0.39, 0.29) is 16.7 Å². The third-order valence-electron chi connectivity index (χ3n) is 7.98. The van der Waals surface area contributed by atoms with Crippen LogP contribution in [0.2, 0.25) is 0 Å².